The summed E-state index contributed by atoms with van der Waals surface area (Å²) in [5.41, 5.74) is 0.971. The average Bonchev–Trinajstić information content (AvgIpc) is 3.13. The lowest BCUT2D eigenvalue weighted by atomic mass is 10.1. The Balaban J connectivity index is 1.79. The number of ether oxygens (including phenoxy) is 1. The Bertz CT molecular complexity index is 415. The van der Waals surface area contributed by atoms with Gasteiger partial charge in [-0.2, -0.15) is 0 Å². The van der Waals surface area contributed by atoms with Crippen LogP contribution in [0.3, 0.4) is 0 Å². The molecule has 1 N–H and O–H groups in total. The molecule has 1 unspecified atom stereocenters. The first-order valence-electron chi connectivity index (χ1n) is 6.99. The molecule has 0 amide bonds. The van der Waals surface area contributed by atoms with Gasteiger partial charge < -0.3 is 10.1 Å². The Morgan fingerprint density at radius 1 is 1.63 bits per heavy atom. The van der Waals surface area contributed by atoms with Gasteiger partial charge in [0.05, 0.1) is 19.2 Å². The molecule has 19 heavy (non-hydrogen) atoms. The van der Waals surface area contributed by atoms with Gasteiger partial charge in [-0.1, -0.05) is 19.8 Å². The average molecular weight is 282 g/mol. The minimum atomic E-state index is -0.178. The molecule has 4 nitrogen and oxygen atoms in total. The standard InChI is InChI=1S/C14H22N2O2S/c1-3-11(8-10-4-5-10)15-14-16-12(9-19-14)6-7-13(17)18-2/h9-11H,3-8H2,1-2H3,(H,15,16). The summed E-state index contributed by atoms with van der Waals surface area (Å²) in [7, 11) is 1.42. The minimum Gasteiger partial charge on any atom is -0.469 e. The molecule has 1 fully saturated rings. The van der Waals surface area contributed by atoms with Crippen molar-refractivity contribution < 1.29 is 9.53 Å². The van der Waals surface area contributed by atoms with Crippen LogP contribution in [0.5, 0.6) is 0 Å². The highest BCUT2D eigenvalue weighted by Gasteiger charge is 2.25. The molecule has 1 saturated carbocycles. The molecule has 5 heteroatoms. The summed E-state index contributed by atoms with van der Waals surface area (Å²) in [5.74, 6) is 0.749. The van der Waals surface area contributed by atoms with Crippen molar-refractivity contribution in [3.8, 4) is 0 Å². The molecule has 106 valence electrons. The number of hydrogen-bond donors (Lipinski definition) is 1. The zero-order chi connectivity index (χ0) is 13.7. The summed E-state index contributed by atoms with van der Waals surface area (Å²) < 4.78 is 4.63. The summed E-state index contributed by atoms with van der Waals surface area (Å²) in [5, 5.41) is 6.52. The van der Waals surface area contributed by atoms with Crippen LogP contribution in [0.4, 0.5) is 5.13 Å². The molecule has 2 rings (SSSR count). The molecule has 0 spiro atoms. The Hall–Kier alpha value is -1.10. The number of carbonyl (C=O) groups is 1. The van der Waals surface area contributed by atoms with Crippen molar-refractivity contribution in [1.29, 1.82) is 0 Å². The van der Waals surface area contributed by atoms with E-state index in [1.54, 1.807) is 11.3 Å². The molecule has 0 aromatic carbocycles. The highest BCUT2D eigenvalue weighted by Crippen LogP contribution is 2.35. The van der Waals surface area contributed by atoms with Gasteiger partial charge in [0.25, 0.3) is 0 Å². The molecular weight excluding hydrogens is 260 g/mol. The number of nitrogens with one attached hydrogen (secondary N) is 1. The van der Waals surface area contributed by atoms with Crippen molar-refractivity contribution in [2.75, 3.05) is 12.4 Å². The molecular formula is C14H22N2O2S. The van der Waals surface area contributed by atoms with Crippen molar-refractivity contribution in [2.24, 2.45) is 5.92 Å². The van der Waals surface area contributed by atoms with Crippen molar-refractivity contribution in [1.82, 2.24) is 4.98 Å². The molecule has 0 bridgehead atoms. The normalized spacial score (nSPS) is 16.1. The van der Waals surface area contributed by atoms with E-state index < -0.39 is 0 Å². The van der Waals surface area contributed by atoms with Gasteiger partial charge in [0.15, 0.2) is 5.13 Å². The second-order valence-corrected chi connectivity index (χ2v) is 6.01. The first-order valence-corrected chi connectivity index (χ1v) is 7.87. The van der Waals surface area contributed by atoms with Crippen LogP contribution >= 0.6 is 11.3 Å². The number of anilines is 1. The molecule has 1 aliphatic carbocycles. The van der Waals surface area contributed by atoms with Crippen LogP contribution in [-0.2, 0) is 16.0 Å². The lowest BCUT2D eigenvalue weighted by Gasteiger charge is -2.15. The monoisotopic (exact) mass is 282 g/mol. The lowest BCUT2D eigenvalue weighted by Crippen LogP contribution is -2.18. The van der Waals surface area contributed by atoms with Crippen molar-refractivity contribution in [3.63, 3.8) is 0 Å². The third-order valence-corrected chi connectivity index (χ3v) is 4.32. The van der Waals surface area contributed by atoms with E-state index in [0.717, 1.165) is 23.2 Å². The first kappa shape index (κ1) is 14.3. The van der Waals surface area contributed by atoms with Crippen LogP contribution in [0.15, 0.2) is 5.38 Å². The molecule has 0 aliphatic heterocycles. The van der Waals surface area contributed by atoms with Crippen LogP contribution in [0.25, 0.3) is 0 Å². The van der Waals surface area contributed by atoms with Crippen molar-refractivity contribution in [2.45, 2.75) is 51.5 Å². The largest absolute Gasteiger partial charge is 0.469 e. The highest BCUT2D eigenvalue weighted by atomic mass is 32.1. The first-order chi connectivity index (χ1) is 9.21. The maximum Gasteiger partial charge on any atom is 0.305 e. The Kier molecular flexibility index (Phi) is 5.19. The quantitative estimate of drug-likeness (QED) is 0.744. The zero-order valence-electron chi connectivity index (χ0n) is 11.6. The van der Waals surface area contributed by atoms with E-state index in [1.165, 1.54) is 26.4 Å². The van der Waals surface area contributed by atoms with Gasteiger partial charge in [-0.25, -0.2) is 4.98 Å². The predicted octanol–water partition coefficient (Wildman–Crippen LogP) is 3.24. The third-order valence-electron chi connectivity index (χ3n) is 3.50. The minimum absolute atomic E-state index is 0.178. The zero-order valence-corrected chi connectivity index (χ0v) is 12.5. The number of aromatic nitrogens is 1. The van der Waals surface area contributed by atoms with E-state index in [2.05, 4.69) is 22.0 Å². The molecule has 1 heterocycles. The Morgan fingerprint density at radius 3 is 3.05 bits per heavy atom. The second kappa shape index (κ2) is 6.89. The van der Waals surface area contributed by atoms with Gasteiger partial charge in [0.2, 0.25) is 0 Å². The van der Waals surface area contributed by atoms with E-state index in [1.807, 2.05) is 5.38 Å². The van der Waals surface area contributed by atoms with Gasteiger partial charge in [0, 0.05) is 17.8 Å². The van der Waals surface area contributed by atoms with E-state index in [9.17, 15) is 4.79 Å². The van der Waals surface area contributed by atoms with E-state index >= 15 is 0 Å². The summed E-state index contributed by atoms with van der Waals surface area (Å²) in [4.78, 5) is 15.6. The molecule has 0 radical (unpaired) electrons. The van der Waals surface area contributed by atoms with Crippen LogP contribution in [-0.4, -0.2) is 24.1 Å². The topological polar surface area (TPSA) is 51.2 Å². The maximum atomic E-state index is 11.1. The third kappa shape index (κ3) is 4.82. The van der Waals surface area contributed by atoms with Crippen molar-refractivity contribution >= 4 is 22.4 Å². The predicted molar refractivity (Wildman–Crippen MR) is 77.5 cm³/mol. The Morgan fingerprint density at radius 2 is 2.42 bits per heavy atom. The molecule has 1 aliphatic rings. The fourth-order valence-electron chi connectivity index (χ4n) is 2.08. The summed E-state index contributed by atoms with van der Waals surface area (Å²) in [6.07, 6.45) is 6.23. The number of aryl methyl sites for hydroxylation is 1. The van der Waals surface area contributed by atoms with E-state index in [0.29, 0.717) is 18.9 Å². The number of nitrogens with zero attached hydrogens (tertiary/aromatic N) is 1. The molecule has 1 atom stereocenters. The molecule has 1 aromatic rings. The molecule has 0 saturated heterocycles. The van der Waals surface area contributed by atoms with Crippen molar-refractivity contribution in [3.05, 3.63) is 11.1 Å². The van der Waals surface area contributed by atoms with Gasteiger partial charge in [-0.05, 0) is 18.8 Å². The maximum absolute atomic E-state index is 11.1. The van der Waals surface area contributed by atoms with Crippen LogP contribution < -0.4 is 5.32 Å². The van der Waals surface area contributed by atoms with Crippen LogP contribution in [0.1, 0.15) is 44.7 Å². The second-order valence-electron chi connectivity index (χ2n) is 5.15. The van der Waals surface area contributed by atoms with Gasteiger partial charge >= 0.3 is 5.97 Å². The smallest absolute Gasteiger partial charge is 0.305 e. The highest BCUT2D eigenvalue weighted by molar-refractivity contribution is 7.13. The number of methoxy groups -OCH3 is 1. The number of carbonyl (C=O) groups excluding carboxylic acids is 1. The van der Waals surface area contributed by atoms with E-state index in [-0.39, 0.29) is 5.97 Å². The summed E-state index contributed by atoms with van der Waals surface area (Å²) in [6.45, 7) is 2.21. The summed E-state index contributed by atoms with van der Waals surface area (Å²) >= 11 is 1.63. The number of hydrogen-bond acceptors (Lipinski definition) is 5. The van der Waals surface area contributed by atoms with E-state index in [4.69, 9.17) is 0 Å². The number of esters is 1. The number of thiazole rings is 1. The fraction of sp³-hybridized carbons (Fsp3) is 0.714. The van der Waals surface area contributed by atoms with Crippen LogP contribution in [0, 0.1) is 5.92 Å². The SMILES string of the molecule is CCC(CC1CC1)Nc1nc(CCC(=O)OC)cs1. The van der Waals surface area contributed by atoms with Gasteiger partial charge in [0.1, 0.15) is 0 Å². The summed E-state index contributed by atoms with van der Waals surface area (Å²) in [6, 6.07) is 0.534. The Labute approximate surface area is 118 Å². The number of rotatable bonds is 8. The lowest BCUT2D eigenvalue weighted by molar-refractivity contribution is -0.140. The van der Waals surface area contributed by atoms with Gasteiger partial charge in [-0.15, -0.1) is 11.3 Å². The van der Waals surface area contributed by atoms with Crippen LogP contribution in [0.2, 0.25) is 0 Å². The van der Waals surface area contributed by atoms with Gasteiger partial charge in [-0.3, -0.25) is 4.79 Å². The fourth-order valence-corrected chi connectivity index (χ4v) is 2.90. The molecule has 1 aromatic heterocycles.